The topological polar surface area (TPSA) is 97.5 Å². The molecule has 0 aromatic carbocycles. The minimum absolute atomic E-state index is 0.0925. The van der Waals surface area contributed by atoms with Gasteiger partial charge < -0.3 is 15.8 Å². The second kappa shape index (κ2) is 11.2. The predicted octanol–water partition coefficient (Wildman–Crippen LogP) is 2.08. The van der Waals surface area contributed by atoms with Gasteiger partial charge in [0.15, 0.2) is 4.34 Å². The highest BCUT2D eigenvalue weighted by atomic mass is 35.5. The molecule has 0 radical (unpaired) electrons. The molecule has 1 aliphatic heterocycles. The van der Waals surface area contributed by atoms with Crippen LogP contribution in [0.5, 0.6) is 0 Å². The van der Waals surface area contributed by atoms with E-state index in [1.807, 2.05) is 0 Å². The summed E-state index contributed by atoms with van der Waals surface area (Å²) in [5.41, 5.74) is 5.78. The molecule has 0 saturated carbocycles. The maximum absolute atomic E-state index is 13.4. The zero-order chi connectivity index (χ0) is 21.5. The summed E-state index contributed by atoms with van der Waals surface area (Å²) in [6, 6.07) is 0. The van der Waals surface area contributed by atoms with Gasteiger partial charge in [-0.05, 0) is 18.4 Å². The molecular weight excluding hydrogens is 451 g/mol. The molecule has 164 valence electrons. The van der Waals surface area contributed by atoms with Crippen molar-refractivity contribution in [2.24, 2.45) is 11.7 Å². The summed E-state index contributed by atoms with van der Waals surface area (Å²) in [5.74, 6) is -0.463. The third-order valence-corrected chi connectivity index (χ3v) is 7.04. The lowest BCUT2D eigenvalue weighted by molar-refractivity contribution is -0.120. The normalized spacial score (nSPS) is 22.3. The number of nitrogens with two attached hydrogens (primary N) is 1. The van der Waals surface area contributed by atoms with Crippen molar-refractivity contribution in [1.29, 1.82) is 0 Å². The van der Waals surface area contributed by atoms with Crippen molar-refractivity contribution < 1.29 is 18.7 Å². The molecule has 1 fully saturated rings. The minimum atomic E-state index is -0.428. The van der Waals surface area contributed by atoms with E-state index < -0.39 is 5.91 Å². The van der Waals surface area contributed by atoms with E-state index in [4.69, 9.17) is 22.1 Å². The van der Waals surface area contributed by atoms with E-state index in [0.29, 0.717) is 31.8 Å². The molecular formula is C19H24ClFN4O3S2. The highest BCUT2D eigenvalue weighted by molar-refractivity contribution is 8.01. The Morgan fingerprint density at radius 2 is 2.33 bits per heavy atom. The van der Waals surface area contributed by atoms with Gasteiger partial charge in [0.05, 0.1) is 35.6 Å². The highest BCUT2D eigenvalue weighted by Gasteiger charge is 2.24. The summed E-state index contributed by atoms with van der Waals surface area (Å²) in [6.45, 7) is 3.29. The largest absolute Gasteiger partial charge is 0.374 e. The SMILES string of the molecule is NC(=O)Cc1csc(SCC(=O)NC[C@H]2CN(CC3C=C(Cl)C(F)=CC3)CCO2)n1. The van der Waals surface area contributed by atoms with E-state index in [1.165, 1.54) is 29.2 Å². The standard InChI is InChI=1S/C19H24ClFN4O3S2/c20-15-5-12(1-2-16(15)21)8-25-3-4-28-14(9-25)7-23-18(27)11-30-19-24-13(10-29-19)6-17(22)26/h2,5,10,12,14H,1,3-4,6-9,11H2,(H2,22,26)(H,23,27)/t12?,14-/m0/s1. The Bertz CT molecular complexity index is 832. The summed E-state index contributed by atoms with van der Waals surface area (Å²) in [6.07, 6.45) is 3.95. The minimum Gasteiger partial charge on any atom is -0.374 e. The zero-order valence-corrected chi connectivity index (χ0v) is 18.7. The third-order valence-electron chi connectivity index (χ3n) is 4.67. The van der Waals surface area contributed by atoms with E-state index in [0.717, 1.165) is 17.4 Å². The van der Waals surface area contributed by atoms with E-state index in [-0.39, 0.29) is 41.0 Å². The molecule has 7 nitrogen and oxygen atoms in total. The van der Waals surface area contributed by atoms with Gasteiger partial charge >= 0.3 is 0 Å². The number of carbonyl (C=O) groups excluding carboxylic acids is 2. The Hall–Kier alpha value is -1.46. The Kier molecular flexibility index (Phi) is 8.70. The molecule has 11 heteroatoms. The highest BCUT2D eigenvalue weighted by Crippen LogP contribution is 2.27. The summed E-state index contributed by atoms with van der Waals surface area (Å²) in [7, 11) is 0. The van der Waals surface area contributed by atoms with Crippen LogP contribution in [0.2, 0.25) is 0 Å². The number of hydrogen-bond donors (Lipinski definition) is 2. The van der Waals surface area contributed by atoms with Gasteiger partial charge in [-0.2, -0.15) is 0 Å². The smallest absolute Gasteiger partial charge is 0.230 e. The number of halogens is 2. The molecule has 1 unspecified atom stereocenters. The first-order chi connectivity index (χ1) is 14.4. The number of thiazole rings is 1. The molecule has 3 N–H and O–H groups in total. The van der Waals surface area contributed by atoms with Crippen LogP contribution in [0.3, 0.4) is 0 Å². The molecule has 2 aliphatic rings. The number of amides is 2. The number of nitrogens with one attached hydrogen (secondary N) is 1. The number of allylic oxidation sites excluding steroid dienone is 3. The first kappa shape index (κ1) is 23.2. The van der Waals surface area contributed by atoms with Gasteiger partial charge in [-0.3, -0.25) is 14.5 Å². The quantitative estimate of drug-likeness (QED) is 0.532. The number of morpholine rings is 1. The zero-order valence-electron chi connectivity index (χ0n) is 16.3. The number of nitrogens with zero attached hydrogens (tertiary/aromatic N) is 2. The van der Waals surface area contributed by atoms with Gasteiger partial charge in [0.25, 0.3) is 0 Å². The van der Waals surface area contributed by atoms with Crippen LogP contribution in [0.1, 0.15) is 12.1 Å². The molecule has 2 atom stereocenters. The van der Waals surface area contributed by atoms with E-state index in [9.17, 15) is 14.0 Å². The van der Waals surface area contributed by atoms with Gasteiger partial charge in [-0.1, -0.05) is 29.4 Å². The maximum atomic E-state index is 13.4. The predicted molar refractivity (Wildman–Crippen MR) is 116 cm³/mol. The molecule has 1 aromatic rings. The first-order valence-corrected chi connectivity index (χ1v) is 11.8. The number of hydrogen-bond acceptors (Lipinski definition) is 7. The second-order valence-electron chi connectivity index (χ2n) is 7.16. The van der Waals surface area contributed by atoms with Gasteiger partial charge in [0.1, 0.15) is 5.83 Å². The average molecular weight is 475 g/mol. The number of aromatic nitrogens is 1. The molecule has 0 spiro atoms. The molecule has 2 amide bonds. The number of rotatable bonds is 9. The van der Waals surface area contributed by atoms with Crippen LogP contribution in [0.4, 0.5) is 4.39 Å². The Balaban J connectivity index is 1.36. The lowest BCUT2D eigenvalue weighted by Gasteiger charge is -2.35. The lowest BCUT2D eigenvalue weighted by atomic mass is 9.99. The molecule has 3 rings (SSSR count). The van der Waals surface area contributed by atoms with Crippen LogP contribution in [0, 0.1) is 5.92 Å². The van der Waals surface area contributed by atoms with Crippen LogP contribution in [0.15, 0.2) is 32.7 Å². The molecule has 2 heterocycles. The fourth-order valence-corrected chi connectivity index (χ4v) is 5.19. The third kappa shape index (κ3) is 7.35. The van der Waals surface area contributed by atoms with Crippen molar-refractivity contribution >= 4 is 46.5 Å². The van der Waals surface area contributed by atoms with Gasteiger partial charge in [-0.15, -0.1) is 11.3 Å². The Labute approximate surface area is 187 Å². The Morgan fingerprint density at radius 1 is 1.50 bits per heavy atom. The van der Waals surface area contributed by atoms with Crippen molar-refractivity contribution in [1.82, 2.24) is 15.2 Å². The maximum Gasteiger partial charge on any atom is 0.230 e. The van der Waals surface area contributed by atoms with Crippen LogP contribution in [-0.4, -0.2) is 66.3 Å². The Morgan fingerprint density at radius 3 is 3.10 bits per heavy atom. The lowest BCUT2D eigenvalue weighted by Crippen LogP contribution is -2.48. The molecule has 30 heavy (non-hydrogen) atoms. The fourth-order valence-electron chi connectivity index (χ4n) is 3.26. The van der Waals surface area contributed by atoms with Crippen molar-refractivity contribution in [3.63, 3.8) is 0 Å². The summed E-state index contributed by atoms with van der Waals surface area (Å²) < 4.78 is 19.8. The molecule has 1 aromatic heterocycles. The van der Waals surface area contributed by atoms with Crippen molar-refractivity contribution in [2.75, 3.05) is 38.5 Å². The van der Waals surface area contributed by atoms with Gasteiger partial charge in [0.2, 0.25) is 11.8 Å². The number of carbonyl (C=O) groups is 2. The summed E-state index contributed by atoms with van der Waals surface area (Å²) in [5, 5.41) is 4.85. The summed E-state index contributed by atoms with van der Waals surface area (Å²) >= 11 is 8.60. The average Bonchev–Trinajstić information content (AvgIpc) is 3.14. The second-order valence-corrected chi connectivity index (χ2v) is 9.64. The van der Waals surface area contributed by atoms with Crippen molar-refractivity contribution in [3.05, 3.63) is 34.1 Å². The van der Waals surface area contributed by atoms with Gasteiger partial charge in [-0.25, -0.2) is 9.37 Å². The van der Waals surface area contributed by atoms with Crippen molar-refractivity contribution in [3.8, 4) is 0 Å². The number of primary amides is 1. The van der Waals surface area contributed by atoms with Crippen LogP contribution in [-0.2, 0) is 20.7 Å². The van der Waals surface area contributed by atoms with Crippen LogP contribution >= 0.6 is 34.7 Å². The van der Waals surface area contributed by atoms with E-state index in [1.54, 1.807) is 11.5 Å². The molecule has 0 bridgehead atoms. The number of thioether (sulfide) groups is 1. The monoisotopic (exact) mass is 474 g/mol. The summed E-state index contributed by atoms with van der Waals surface area (Å²) in [4.78, 5) is 29.6. The number of ether oxygens (including phenoxy) is 1. The van der Waals surface area contributed by atoms with E-state index >= 15 is 0 Å². The van der Waals surface area contributed by atoms with Gasteiger partial charge in [0, 0.05) is 31.6 Å². The van der Waals surface area contributed by atoms with Crippen molar-refractivity contribution in [2.45, 2.75) is 23.3 Å². The fraction of sp³-hybridized carbons (Fsp3) is 0.526. The van der Waals surface area contributed by atoms with Crippen LogP contribution < -0.4 is 11.1 Å². The molecule has 1 aliphatic carbocycles. The molecule has 1 saturated heterocycles. The first-order valence-electron chi connectivity index (χ1n) is 9.58. The van der Waals surface area contributed by atoms with E-state index in [2.05, 4.69) is 15.2 Å². The van der Waals surface area contributed by atoms with Crippen LogP contribution in [0.25, 0.3) is 0 Å².